The van der Waals surface area contributed by atoms with E-state index < -0.39 is 5.82 Å². The molecule has 0 saturated heterocycles. The van der Waals surface area contributed by atoms with E-state index in [2.05, 4.69) is 25.6 Å². The zero-order valence-electron chi connectivity index (χ0n) is 9.88. The number of nitrogens with one attached hydrogen (secondary N) is 1. The van der Waals surface area contributed by atoms with E-state index in [1.165, 1.54) is 7.11 Å². The Morgan fingerprint density at radius 1 is 1.50 bits per heavy atom. The van der Waals surface area contributed by atoms with Gasteiger partial charge in [0.15, 0.2) is 0 Å². The van der Waals surface area contributed by atoms with Gasteiger partial charge in [-0.25, -0.2) is 4.98 Å². The zero-order valence-corrected chi connectivity index (χ0v) is 9.88. The molecule has 0 aliphatic carbocycles. The minimum Gasteiger partial charge on any atom is -0.479 e. The molecule has 8 heteroatoms. The highest BCUT2D eigenvalue weighted by Crippen LogP contribution is 2.13. The summed E-state index contributed by atoms with van der Waals surface area (Å²) in [6.07, 6.45) is 5.32. The van der Waals surface area contributed by atoms with Crippen LogP contribution in [0.3, 0.4) is 0 Å². The van der Waals surface area contributed by atoms with Gasteiger partial charge in [-0.05, 0) is 6.42 Å². The van der Waals surface area contributed by atoms with Gasteiger partial charge in [0.05, 0.1) is 19.5 Å². The Kier molecular flexibility index (Phi) is 4.00. The van der Waals surface area contributed by atoms with Gasteiger partial charge >= 0.3 is 0 Å². The fourth-order valence-electron chi connectivity index (χ4n) is 1.37. The van der Waals surface area contributed by atoms with E-state index in [9.17, 15) is 4.39 Å². The maximum absolute atomic E-state index is 13.0. The molecule has 0 spiro atoms. The maximum atomic E-state index is 13.0. The number of aryl methyl sites for hydroxylation is 1. The number of nitrogens with zero attached hydrogens (tertiary/aromatic N) is 5. The van der Waals surface area contributed by atoms with Crippen LogP contribution in [0.5, 0.6) is 5.88 Å². The SMILES string of the molecule is COc1nc(NCCCn2ccnn2)ncc1F. The first-order chi connectivity index (χ1) is 8.79. The molecule has 2 rings (SSSR count). The Bertz CT molecular complexity index is 489. The molecule has 2 aromatic heterocycles. The first-order valence-electron chi connectivity index (χ1n) is 5.44. The molecule has 1 N–H and O–H groups in total. The highest BCUT2D eigenvalue weighted by atomic mass is 19.1. The topological polar surface area (TPSA) is 77.8 Å². The molecular weight excluding hydrogens is 239 g/mol. The molecule has 0 aliphatic heterocycles. The van der Waals surface area contributed by atoms with E-state index in [0.29, 0.717) is 12.5 Å². The fourth-order valence-corrected chi connectivity index (χ4v) is 1.37. The zero-order chi connectivity index (χ0) is 12.8. The van der Waals surface area contributed by atoms with Gasteiger partial charge in [0, 0.05) is 19.3 Å². The van der Waals surface area contributed by atoms with Gasteiger partial charge in [0.25, 0.3) is 5.88 Å². The summed E-state index contributed by atoms with van der Waals surface area (Å²) in [6.45, 7) is 1.39. The standard InChI is InChI=1S/C10H13FN6O/c1-18-9-8(11)7-13-10(15-9)12-3-2-5-17-6-4-14-16-17/h4,6-7H,2-3,5H2,1H3,(H,12,13,15). The normalized spacial score (nSPS) is 10.3. The van der Waals surface area contributed by atoms with Crippen LogP contribution in [0.2, 0.25) is 0 Å². The van der Waals surface area contributed by atoms with E-state index in [0.717, 1.165) is 19.2 Å². The van der Waals surface area contributed by atoms with E-state index in [4.69, 9.17) is 4.74 Å². The summed E-state index contributed by atoms with van der Waals surface area (Å²) in [5, 5.41) is 10.5. The molecule has 0 radical (unpaired) electrons. The second-order valence-corrected chi connectivity index (χ2v) is 3.50. The Morgan fingerprint density at radius 2 is 2.39 bits per heavy atom. The van der Waals surface area contributed by atoms with E-state index in [1.807, 2.05) is 0 Å². The third kappa shape index (κ3) is 3.12. The number of rotatable bonds is 6. The highest BCUT2D eigenvalue weighted by molar-refractivity contribution is 5.28. The van der Waals surface area contributed by atoms with Gasteiger partial charge < -0.3 is 10.1 Å². The van der Waals surface area contributed by atoms with Crippen LogP contribution < -0.4 is 10.1 Å². The summed E-state index contributed by atoms with van der Waals surface area (Å²) in [6, 6.07) is 0. The van der Waals surface area contributed by atoms with Crippen molar-refractivity contribution in [2.45, 2.75) is 13.0 Å². The minimum absolute atomic E-state index is 0.0659. The first-order valence-corrected chi connectivity index (χ1v) is 5.44. The first kappa shape index (κ1) is 12.2. The smallest absolute Gasteiger partial charge is 0.255 e. The maximum Gasteiger partial charge on any atom is 0.255 e. The molecule has 2 heterocycles. The molecule has 18 heavy (non-hydrogen) atoms. The van der Waals surface area contributed by atoms with Crippen LogP contribution in [0.15, 0.2) is 18.6 Å². The lowest BCUT2D eigenvalue weighted by molar-refractivity contribution is 0.367. The Labute approximate surface area is 103 Å². The number of halogens is 1. The number of anilines is 1. The van der Waals surface area contributed by atoms with Crippen molar-refractivity contribution < 1.29 is 9.13 Å². The van der Waals surface area contributed by atoms with Crippen molar-refractivity contribution in [1.29, 1.82) is 0 Å². The summed E-state index contributed by atoms with van der Waals surface area (Å²) in [4.78, 5) is 7.68. The van der Waals surface area contributed by atoms with E-state index in [1.54, 1.807) is 17.1 Å². The average Bonchev–Trinajstić information content (AvgIpc) is 2.89. The lowest BCUT2D eigenvalue weighted by Gasteiger charge is -2.06. The van der Waals surface area contributed by atoms with E-state index >= 15 is 0 Å². The van der Waals surface area contributed by atoms with Gasteiger partial charge in [-0.1, -0.05) is 5.21 Å². The molecule has 0 amide bonds. The number of hydrogen-bond acceptors (Lipinski definition) is 6. The predicted octanol–water partition coefficient (Wildman–Crippen LogP) is 0.718. The summed E-state index contributed by atoms with van der Waals surface area (Å²) < 4.78 is 19.5. The summed E-state index contributed by atoms with van der Waals surface area (Å²) in [5.41, 5.74) is 0. The molecule has 7 nitrogen and oxygen atoms in total. The molecule has 0 atom stereocenters. The lowest BCUT2D eigenvalue weighted by atomic mass is 10.4. The van der Waals surface area contributed by atoms with Crippen molar-refractivity contribution in [3.8, 4) is 5.88 Å². The van der Waals surface area contributed by atoms with Crippen LogP contribution in [-0.2, 0) is 6.54 Å². The molecule has 0 aliphatic rings. The highest BCUT2D eigenvalue weighted by Gasteiger charge is 2.06. The Morgan fingerprint density at radius 3 is 3.11 bits per heavy atom. The largest absolute Gasteiger partial charge is 0.479 e. The molecule has 0 saturated carbocycles. The van der Waals surface area contributed by atoms with Gasteiger partial charge in [-0.2, -0.15) is 9.37 Å². The predicted molar refractivity (Wildman–Crippen MR) is 61.7 cm³/mol. The van der Waals surface area contributed by atoms with Crippen molar-refractivity contribution in [1.82, 2.24) is 25.0 Å². The fraction of sp³-hybridized carbons (Fsp3) is 0.400. The van der Waals surface area contributed by atoms with Crippen molar-refractivity contribution in [2.75, 3.05) is 19.0 Å². The van der Waals surface area contributed by atoms with E-state index in [-0.39, 0.29) is 5.88 Å². The third-order valence-corrected chi connectivity index (χ3v) is 2.22. The van der Waals surface area contributed by atoms with Crippen LogP contribution in [0, 0.1) is 5.82 Å². The van der Waals surface area contributed by atoms with Crippen LogP contribution in [0.4, 0.5) is 10.3 Å². The summed E-state index contributed by atoms with van der Waals surface area (Å²) in [7, 11) is 1.36. The van der Waals surface area contributed by atoms with Crippen molar-refractivity contribution in [3.63, 3.8) is 0 Å². The second kappa shape index (κ2) is 5.89. The van der Waals surface area contributed by atoms with Crippen LogP contribution >= 0.6 is 0 Å². The number of aromatic nitrogens is 5. The molecule has 0 fully saturated rings. The van der Waals surface area contributed by atoms with Crippen LogP contribution in [0.25, 0.3) is 0 Å². The summed E-state index contributed by atoms with van der Waals surface area (Å²) in [5.74, 6) is -0.304. The third-order valence-electron chi connectivity index (χ3n) is 2.22. The second-order valence-electron chi connectivity index (χ2n) is 3.50. The van der Waals surface area contributed by atoms with Crippen LogP contribution in [-0.4, -0.2) is 38.6 Å². The quantitative estimate of drug-likeness (QED) is 0.763. The number of methoxy groups -OCH3 is 1. The summed E-state index contributed by atoms with van der Waals surface area (Å²) >= 11 is 0. The molecule has 0 unspecified atom stereocenters. The lowest BCUT2D eigenvalue weighted by Crippen LogP contribution is -2.10. The molecule has 0 bridgehead atoms. The van der Waals surface area contributed by atoms with Crippen LogP contribution in [0.1, 0.15) is 6.42 Å². The Hall–Kier alpha value is -2.25. The van der Waals surface area contributed by atoms with Gasteiger partial charge in [-0.3, -0.25) is 4.68 Å². The van der Waals surface area contributed by atoms with Gasteiger partial charge in [0.2, 0.25) is 11.8 Å². The number of ether oxygens (including phenoxy) is 1. The monoisotopic (exact) mass is 252 g/mol. The molecular formula is C10H13FN6O. The number of hydrogen-bond donors (Lipinski definition) is 1. The van der Waals surface area contributed by atoms with Crippen molar-refractivity contribution >= 4 is 5.95 Å². The van der Waals surface area contributed by atoms with Gasteiger partial charge in [-0.15, -0.1) is 5.10 Å². The minimum atomic E-state index is -0.578. The molecule has 2 aromatic rings. The Balaban J connectivity index is 1.79. The molecule has 96 valence electrons. The van der Waals surface area contributed by atoms with Crippen molar-refractivity contribution in [3.05, 3.63) is 24.4 Å². The average molecular weight is 252 g/mol. The van der Waals surface area contributed by atoms with Gasteiger partial charge in [0.1, 0.15) is 0 Å². The molecule has 0 aromatic carbocycles. The van der Waals surface area contributed by atoms with Crippen molar-refractivity contribution in [2.24, 2.45) is 0 Å².